The van der Waals surface area contributed by atoms with Crippen molar-refractivity contribution >= 4 is 23.2 Å². The zero-order valence-electron chi connectivity index (χ0n) is 15.8. The molecule has 0 bridgehead atoms. The van der Waals surface area contributed by atoms with Crippen molar-refractivity contribution in [2.75, 3.05) is 16.8 Å². The fourth-order valence-electron chi connectivity index (χ4n) is 3.69. The van der Waals surface area contributed by atoms with Gasteiger partial charge in [-0.15, -0.1) is 0 Å². The molecule has 2 aliphatic rings. The SMILES string of the molecule is Cc1ccc(CCC(=O)Nc2ccc3c(c2)CCCN3C(=O)C2CC2)cc1. The number of nitrogens with one attached hydrogen (secondary N) is 1. The molecule has 1 fully saturated rings. The average Bonchev–Trinajstić information content (AvgIpc) is 3.51. The molecule has 0 atom stereocenters. The number of aryl methyl sites for hydroxylation is 3. The van der Waals surface area contributed by atoms with Crippen LogP contribution >= 0.6 is 0 Å². The van der Waals surface area contributed by atoms with E-state index in [1.807, 2.05) is 23.1 Å². The van der Waals surface area contributed by atoms with Crippen molar-refractivity contribution in [1.82, 2.24) is 0 Å². The second-order valence-electron chi connectivity index (χ2n) is 7.74. The highest BCUT2D eigenvalue weighted by molar-refractivity contribution is 5.98. The van der Waals surface area contributed by atoms with E-state index in [1.165, 1.54) is 11.1 Å². The molecule has 0 unspecified atom stereocenters. The lowest BCUT2D eigenvalue weighted by Gasteiger charge is -2.30. The van der Waals surface area contributed by atoms with E-state index in [4.69, 9.17) is 0 Å². The summed E-state index contributed by atoms with van der Waals surface area (Å²) in [5, 5.41) is 3.01. The molecule has 0 saturated heterocycles. The largest absolute Gasteiger partial charge is 0.326 e. The van der Waals surface area contributed by atoms with Crippen LogP contribution in [0.1, 0.15) is 42.4 Å². The molecule has 1 N–H and O–H groups in total. The number of hydrogen-bond acceptors (Lipinski definition) is 2. The van der Waals surface area contributed by atoms with Gasteiger partial charge in [-0.05, 0) is 68.4 Å². The first-order valence-electron chi connectivity index (χ1n) is 9.90. The zero-order valence-corrected chi connectivity index (χ0v) is 15.8. The molecular weight excluding hydrogens is 336 g/mol. The number of carbonyl (C=O) groups is 2. The number of carbonyl (C=O) groups excluding carboxylic acids is 2. The van der Waals surface area contributed by atoms with Crippen LogP contribution in [0.2, 0.25) is 0 Å². The summed E-state index contributed by atoms with van der Waals surface area (Å²) in [7, 11) is 0. The highest BCUT2D eigenvalue weighted by Gasteiger charge is 2.35. The molecule has 2 aromatic rings. The fourth-order valence-corrected chi connectivity index (χ4v) is 3.69. The Morgan fingerprint density at radius 1 is 1.11 bits per heavy atom. The summed E-state index contributed by atoms with van der Waals surface area (Å²) >= 11 is 0. The summed E-state index contributed by atoms with van der Waals surface area (Å²) in [6, 6.07) is 14.2. The molecule has 0 spiro atoms. The van der Waals surface area contributed by atoms with Crippen molar-refractivity contribution in [2.45, 2.75) is 45.4 Å². The Kier molecular flexibility index (Phi) is 4.97. The summed E-state index contributed by atoms with van der Waals surface area (Å²) in [5.41, 5.74) is 5.41. The number of nitrogens with zero attached hydrogens (tertiary/aromatic N) is 1. The maximum Gasteiger partial charge on any atom is 0.230 e. The van der Waals surface area contributed by atoms with Crippen LogP contribution in [-0.4, -0.2) is 18.4 Å². The van der Waals surface area contributed by atoms with Gasteiger partial charge in [-0.2, -0.15) is 0 Å². The van der Waals surface area contributed by atoms with Crippen LogP contribution < -0.4 is 10.2 Å². The number of amides is 2. The predicted molar refractivity (Wildman–Crippen MR) is 108 cm³/mol. The van der Waals surface area contributed by atoms with E-state index in [-0.39, 0.29) is 17.7 Å². The normalized spacial score (nSPS) is 16.0. The van der Waals surface area contributed by atoms with Gasteiger partial charge in [0.05, 0.1) is 0 Å². The van der Waals surface area contributed by atoms with Gasteiger partial charge in [-0.25, -0.2) is 0 Å². The fraction of sp³-hybridized carbons (Fsp3) is 0.391. The molecule has 1 aliphatic heterocycles. The van der Waals surface area contributed by atoms with Crippen molar-refractivity contribution in [3.8, 4) is 0 Å². The first-order chi connectivity index (χ1) is 13.1. The van der Waals surface area contributed by atoms with E-state index in [2.05, 4.69) is 36.5 Å². The molecule has 4 heteroatoms. The van der Waals surface area contributed by atoms with Gasteiger partial charge in [-0.3, -0.25) is 9.59 Å². The third-order valence-corrected chi connectivity index (χ3v) is 5.44. The second-order valence-corrected chi connectivity index (χ2v) is 7.74. The number of anilines is 2. The maximum atomic E-state index is 12.5. The van der Waals surface area contributed by atoms with E-state index in [9.17, 15) is 9.59 Å². The maximum absolute atomic E-state index is 12.5. The quantitative estimate of drug-likeness (QED) is 0.864. The van der Waals surface area contributed by atoms with Gasteiger partial charge in [0.25, 0.3) is 0 Å². The van der Waals surface area contributed by atoms with Crippen LogP contribution in [0.25, 0.3) is 0 Å². The Hall–Kier alpha value is -2.62. The molecule has 4 nitrogen and oxygen atoms in total. The molecule has 1 heterocycles. The highest BCUT2D eigenvalue weighted by atomic mass is 16.2. The summed E-state index contributed by atoms with van der Waals surface area (Å²) < 4.78 is 0. The lowest BCUT2D eigenvalue weighted by molar-refractivity contribution is -0.120. The van der Waals surface area contributed by atoms with Crippen LogP contribution in [0.15, 0.2) is 42.5 Å². The zero-order chi connectivity index (χ0) is 18.8. The number of fused-ring (bicyclic) bond motifs is 1. The summed E-state index contributed by atoms with van der Waals surface area (Å²) in [6.45, 7) is 2.87. The molecule has 27 heavy (non-hydrogen) atoms. The van der Waals surface area contributed by atoms with Gasteiger partial charge in [0, 0.05) is 30.3 Å². The Bertz CT molecular complexity index is 853. The number of rotatable bonds is 5. The van der Waals surface area contributed by atoms with Gasteiger partial charge < -0.3 is 10.2 Å². The van der Waals surface area contributed by atoms with E-state index >= 15 is 0 Å². The topological polar surface area (TPSA) is 49.4 Å². The smallest absolute Gasteiger partial charge is 0.230 e. The molecule has 2 aromatic carbocycles. The predicted octanol–water partition coefficient (Wildman–Crippen LogP) is 4.26. The Labute approximate surface area is 160 Å². The number of hydrogen-bond donors (Lipinski definition) is 1. The van der Waals surface area contributed by atoms with E-state index in [0.29, 0.717) is 6.42 Å². The van der Waals surface area contributed by atoms with Crippen molar-refractivity contribution < 1.29 is 9.59 Å². The lowest BCUT2D eigenvalue weighted by Crippen LogP contribution is -2.36. The minimum absolute atomic E-state index is 0.0252. The van der Waals surface area contributed by atoms with Crippen molar-refractivity contribution in [2.24, 2.45) is 5.92 Å². The Balaban J connectivity index is 1.38. The summed E-state index contributed by atoms with van der Waals surface area (Å²) in [5.74, 6) is 0.528. The Morgan fingerprint density at radius 3 is 2.63 bits per heavy atom. The molecule has 4 rings (SSSR count). The van der Waals surface area contributed by atoms with Crippen LogP contribution in [0.5, 0.6) is 0 Å². The molecule has 1 aliphatic carbocycles. The van der Waals surface area contributed by atoms with Crippen molar-refractivity contribution in [3.05, 3.63) is 59.2 Å². The molecule has 0 aromatic heterocycles. The van der Waals surface area contributed by atoms with Gasteiger partial charge >= 0.3 is 0 Å². The minimum Gasteiger partial charge on any atom is -0.326 e. The lowest BCUT2D eigenvalue weighted by atomic mass is 10.00. The first kappa shape index (κ1) is 17.8. The van der Waals surface area contributed by atoms with Crippen LogP contribution in [-0.2, 0) is 22.4 Å². The molecule has 1 saturated carbocycles. The molecule has 140 valence electrons. The van der Waals surface area contributed by atoms with Gasteiger partial charge in [-0.1, -0.05) is 29.8 Å². The molecule has 0 radical (unpaired) electrons. The van der Waals surface area contributed by atoms with Crippen molar-refractivity contribution in [1.29, 1.82) is 0 Å². The van der Waals surface area contributed by atoms with Gasteiger partial charge in [0.15, 0.2) is 0 Å². The van der Waals surface area contributed by atoms with E-state index in [0.717, 1.165) is 55.6 Å². The standard InChI is InChI=1S/C23H26N2O2/c1-16-4-6-17(7-5-16)8-13-22(26)24-20-11-12-21-19(15-20)3-2-14-25(21)23(27)18-9-10-18/h4-7,11-12,15,18H,2-3,8-10,13-14H2,1H3,(H,24,26). The highest BCUT2D eigenvalue weighted by Crippen LogP contribution is 2.36. The summed E-state index contributed by atoms with van der Waals surface area (Å²) in [6.07, 6.45) is 5.19. The third-order valence-electron chi connectivity index (χ3n) is 5.44. The van der Waals surface area contributed by atoms with Gasteiger partial charge in [0.1, 0.15) is 0 Å². The van der Waals surface area contributed by atoms with E-state index in [1.54, 1.807) is 0 Å². The average molecular weight is 362 g/mol. The summed E-state index contributed by atoms with van der Waals surface area (Å²) in [4.78, 5) is 26.7. The molecular formula is C23H26N2O2. The minimum atomic E-state index is 0.0252. The van der Waals surface area contributed by atoms with Gasteiger partial charge in [0.2, 0.25) is 11.8 Å². The van der Waals surface area contributed by atoms with Crippen molar-refractivity contribution in [3.63, 3.8) is 0 Å². The third kappa shape index (κ3) is 4.21. The molecule has 2 amide bonds. The van der Waals surface area contributed by atoms with Crippen LogP contribution in [0, 0.1) is 12.8 Å². The van der Waals surface area contributed by atoms with Crippen LogP contribution in [0.4, 0.5) is 11.4 Å². The first-order valence-corrected chi connectivity index (χ1v) is 9.90. The number of benzene rings is 2. The van der Waals surface area contributed by atoms with E-state index < -0.39 is 0 Å². The Morgan fingerprint density at radius 2 is 1.89 bits per heavy atom. The van der Waals surface area contributed by atoms with Crippen LogP contribution in [0.3, 0.4) is 0 Å². The monoisotopic (exact) mass is 362 g/mol. The second kappa shape index (κ2) is 7.55.